The van der Waals surface area contributed by atoms with Gasteiger partial charge in [-0.3, -0.25) is 9.58 Å². The molecule has 0 amide bonds. The van der Waals surface area contributed by atoms with Gasteiger partial charge in [0.2, 0.25) is 0 Å². The fraction of sp³-hybridized carbons (Fsp3) is 0.786. The molecule has 1 aromatic heterocycles. The van der Waals surface area contributed by atoms with E-state index in [-0.39, 0.29) is 0 Å². The number of hydrogen-bond donors (Lipinski definition) is 1. The van der Waals surface area contributed by atoms with Crippen LogP contribution in [0.2, 0.25) is 0 Å². The number of nitrogens with zero attached hydrogens (tertiary/aromatic N) is 3. The van der Waals surface area contributed by atoms with Gasteiger partial charge < -0.3 is 5.32 Å². The molecular weight excluding hydrogens is 224 g/mol. The Hall–Kier alpha value is -0.870. The van der Waals surface area contributed by atoms with Crippen LogP contribution in [-0.2, 0) is 13.6 Å². The third kappa shape index (κ3) is 3.33. The van der Waals surface area contributed by atoms with Crippen LogP contribution in [0.5, 0.6) is 0 Å². The van der Waals surface area contributed by atoms with Crippen molar-refractivity contribution in [2.45, 2.75) is 52.2 Å². The van der Waals surface area contributed by atoms with Crippen molar-refractivity contribution in [3.63, 3.8) is 0 Å². The van der Waals surface area contributed by atoms with Crippen molar-refractivity contribution in [3.8, 4) is 0 Å². The highest BCUT2D eigenvalue weighted by atomic mass is 15.3. The smallest absolute Gasteiger partial charge is 0.0597 e. The van der Waals surface area contributed by atoms with E-state index in [0.29, 0.717) is 12.1 Å². The summed E-state index contributed by atoms with van der Waals surface area (Å²) in [6, 6.07) is 3.43. The second-order valence-electron chi connectivity index (χ2n) is 5.72. The minimum Gasteiger partial charge on any atom is -0.313 e. The van der Waals surface area contributed by atoms with Gasteiger partial charge in [0, 0.05) is 32.2 Å². The summed E-state index contributed by atoms with van der Waals surface area (Å²) in [5.74, 6) is 0. The fourth-order valence-electron chi connectivity index (χ4n) is 2.67. The molecule has 0 aliphatic carbocycles. The standard InChI is InChI=1S/C14H26N4/c1-11(2)18(9-13-6-5-7-15-13)10-14-8-12(3)16-17(14)4/h8,11,13,15H,5-7,9-10H2,1-4H3. The maximum atomic E-state index is 4.43. The summed E-state index contributed by atoms with van der Waals surface area (Å²) in [6.07, 6.45) is 2.63. The Bertz CT molecular complexity index is 377. The van der Waals surface area contributed by atoms with Gasteiger partial charge in [0.1, 0.15) is 0 Å². The molecular formula is C14H26N4. The van der Waals surface area contributed by atoms with E-state index < -0.39 is 0 Å². The highest BCUT2D eigenvalue weighted by Gasteiger charge is 2.20. The van der Waals surface area contributed by atoms with Crippen molar-refractivity contribution in [2.75, 3.05) is 13.1 Å². The summed E-state index contributed by atoms with van der Waals surface area (Å²) < 4.78 is 2.01. The van der Waals surface area contributed by atoms with E-state index in [1.54, 1.807) is 0 Å². The van der Waals surface area contributed by atoms with Crippen molar-refractivity contribution < 1.29 is 0 Å². The molecule has 18 heavy (non-hydrogen) atoms. The van der Waals surface area contributed by atoms with Gasteiger partial charge in [-0.25, -0.2) is 0 Å². The third-order valence-electron chi connectivity index (χ3n) is 3.81. The van der Waals surface area contributed by atoms with Gasteiger partial charge in [0.25, 0.3) is 0 Å². The van der Waals surface area contributed by atoms with Crippen molar-refractivity contribution in [3.05, 3.63) is 17.5 Å². The lowest BCUT2D eigenvalue weighted by atomic mass is 10.2. The van der Waals surface area contributed by atoms with Crippen molar-refractivity contribution in [1.29, 1.82) is 0 Å². The second kappa shape index (κ2) is 5.85. The first-order chi connectivity index (χ1) is 8.56. The molecule has 4 nitrogen and oxygen atoms in total. The molecule has 1 atom stereocenters. The molecule has 1 aliphatic rings. The maximum absolute atomic E-state index is 4.43. The molecule has 1 fully saturated rings. The molecule has 0 spiro atoms. The molecule has 1 aliphatic heterocycles. The normalized spacial score (nSPS) is 20.2. The molecule has 2 heterocycles. The predicted octanol–water partition coefficient (Wildman–Crippen LogP) is 1.69. The van der Waals surface area contributed by atoms with Crippen molar-refractivity contribution >= 4 is 0 Å². The predicted molar refractivity (Wildman–Crippen MR) is 74.5 cm³/mol. The average molecular weight is 250 g/mol. The molecule has 0 saturated carbocycles. The topological polar surface area (TPSA) is 33.1 Å². The Kier molecular flexibility index (Phi) is 4.40. The van der Waals surface area contributed by atoms with E-state index >= 15 is 0 Å². The quantitative estimate of drug-likeness (QED) is 0.863. The summed E-state index contributed by atoms with van der Waals surface area (Å²) in [4.78, 5) is 2.54. The molecule has 2 rings (SSSR count). The molecule has 1 unspecified atom stereocenters. The SMILES string of the molecule is Cc1cc(CN(CC2CCCN2)C(C)C)n(C)n1. The lowest BCUT2D eigenvalue weighted by molar-refractivity contribution is 0.189. The number of nitrogens with one attached hydrogen (secondary N) is 1. The summed E-state index contributed by atoms with van der Waals surface area (Å²) in [7, 11) is 2.04. The van der Waals surface area contributed by atoms with E-state index in [0.717, 1.165) is 18.8 Å². The maximum Gasteiger partial charge on any atom is 0.0597 e. The van der Waals surface area contributed by atoms with Crippen LogP contribution in [0.3, 0.4) is 0 Å². The molecule has 1 saturated heterocycles. The van der Waals surface area contributed by atoms with Gasteiger partial charge in [-0.05, 0) is 46.2 Å². The van der Waals surface area contributed by atoms with Gasteiger partial charge in [0.05, 0.1) is 11.4 Å². The van der Waals surface area contributed by atoms with Crippen LogP contribution in [0.25, 0.3) is 0 Å². The summed E-state index contributed by atoms with van der Waals surface area (Å²) >= 11 is 0. The second-order valence-corrected chi connectivity index (χ2v) is 5.72. The molecule has 1 N–H and O–H groups in total. The highest BCUT2D eigenvalue weighted by Crippen LogP contribution is 2.13. The van der Waals surface area contributed by atoms with Gasteiger partial charge in [-0.2, -0.15) is 5.10 Å². The Morgan fingerprint density at radius 2 is 2.33 bits per heavy atom. The summed E-state index contributed by atoms with van der Waals surface area (Å²) in [6.45, 7) is 9.93. The molecule has 0 bridgehead atoms. The van der Waals surface area contributed by atoms with Gasteiger partial charge in [-0.1, -0.05) is 0 Å². The van der Waals surface area contributed by atoms with E-state index in [1.807, 2.05) is 11.7 Å². The first-order valence-corrected chi connectivity index (χ1v) is 7.03. The number of hydrogen-bond acceptors (Lipinski definition) is 3. The average Bonchev–Trinajstić information content (AvgIpc) is 2.88. The van der Waals surface area contributed by atoms with Crippen LogP contribution in [-0.4, -0.2) is 39.9 Å². The first-order valence-electron chi connectivity index (χ1n) is 7.03. The lowest BCUT2D eigenvalue weighted by Crippen LogP contribution is -2.41. The zero-order valence-corrected chi connectivity index (χ0v) is 12.1. The van der Waals surface area contributed by atoms with Crippen LogP contribution in [0, 0.1) is 6.92 Å². The minimum absolute atomic E-state index is 0.572. The van der Waals surface area contributed by atoms with Crippen LogP contribution in [0.4, 0.5) is 0 Å². The third-order valence-corrected chi connectivity index (χ3v) is 3.81. The van der Waals surface area contributed by atoms with Crippen LogP contribution in [0.1, 0.15) is 38.1 Å². The van der Waals surface area contributed by atoms with E-state index in [9.17, 15) is 0 Å². The van der Waals surface area contributed by atoms with Crippen LogP contribution in [0.15, 0.2) is 6.07 Å². The Labute approximate surface area is 110 Å². The Morgan fingerprint density at radius 1 is 1.56 bits per heavy atom. The van der Waals surface area contributed by atoms with E-state index in [1.165, 1.54) is 25.1 Å². The van der Waals surface area contributed by atoms with Crippen LogP contribution >= 0.6 is 0 Å². The number of aryl methyl sites for hydroxylation is 2. The summed E-state index contributed by atoms with van der Waals surface area (Å²) in [5.41, 5.74) is 2.41. The van der Waals surface area contributed by atoms with Gasteiger partial charge in [-0.15, -0.1) is 0 Å². The highest BCUT2D eigenvalue weighted by molar-refractivity contribution is 5.08. The molecule has 102 valence electrons. The fourth-order valence-corrected chi connectivity index (χ4v) is 2.67. The molecule has 4 heteroatoms. The largest absolute Gasteiger partial charge is 0.313 e. The minimum atomic E-state index is 0.572. The van der Waals surface area contributed by atoms with Crippen molar-refractivity contribution in [2.24, 2.45) is 7.05 Å². The van der Waals surface area contributed by atoms with Crippen LogP contribution < -0.4 is 5.32 Å². The number of rotatable bonds is 5. The summed E-state index contributed by atoms with van der Waals surface area (Å²) in [5, 5.41) is 8.01. The first kappa shape index (κ1) is 13.6. The monoisotopic (exact) mass is 250 g/mol. The molecule has 0 aromatic carbocycles. The molecule has 1 aromatic rings. The van der Waals surface area contributed by atoms with Crippen molar-refractivity contribution in [1.82, 2.24) is 20.0 Å². The Morgan fingerprint density at radius 3 is 2.83 bits per heavy atom. The zero-order valence-electron chi connectivity index (χ0n) is 12.1. The number of aromatic nitrogens is 2. The lowest BCUT2D eigenvalue weighted by Gasteiger charge is -2.29. The van der Waals surface area contributed by atoms with E-state index in [4.69, 9.17) is 0 Å². The zero-order chi connectivity index (χ0) is 13.1. The molecule has 0 radical (unpaired) electrons. The van der Waals surface area contributed by atoms with Gasteiger partial charge in [0.15, 0.2) is 0 Å². The van der Waals surface area contributed by atoms with Gasteiger partial charge >= 0.3 is 0 Å². The van der Waals surface area contributed by atoms with E-state index in [2.05, 4.69) is 42.2 Å². The Balaban J connectivity index is 1.99.